The lowest BCUT2D eigenvalue weighted by Crippen LogP contribution is -2.23. The van der Waals surface area contributed by atoms with Crippen LogP contribution in [0.2, 0.25) is 0 Å². The first kappa shape index (κ1) is 16.5. The van der Waals surface area contributed by atoms with E-state index >= 15 is 0 Å². The first-order valence-electron chi connectivity index (χ1n) is 7.68. The van der Waals surface area contributed by atoms with E-state index in [9.17, 15) is 4.39 Å². The van der Waals surface area contributed by atoms with Crippen LogP contribution >= 0.6 is 0 Å². The minimum atomic E-state index is -0.199. The Balaban J connectivity index is 1.89. The molecule has 0 spiro atoms. The van der Waals surface area contributed by atoms with E-state index in [2.05, 4.69) is 22.4 Å². The lowest BCUT2D eigenvalue weighted by Gasteiger charge is -2.22. The Labute approximate surface area is 131 Å². The summed E-state index contributed by atoms with van der Waals surface area (Å²) in [5.74, 6) is -0.199. The summed E-state index contributed by atoms with van der Waals surface area (Å²) >= 11 is 0. The van der Waals surface area contributed by atoms with Crippen molar-refractivity contribution in [1.29, 1.82) is 0 Å². The van der Waals surface area contributed by atoms with E-state index in [0.717, 1.165) is 36.3 Å². The second-order valence-corrected chi connectivity index (χ2v) is 5.90. The van der Waals surface area contributed by atoms with E-state index in [1.807, 2.05) is 38.2 Å². The van der Waals surface area contributed by atoms with E-state index in [4.69, 9.17) is 0 Å². The van der Waals surface area contributed by atoms with Crippen molar-refractivity contribution in [3.8, 4) is 0 Å². The van der Waals surface area contributed by atoms with Gasteiger partial charge in [0.15, 0.2) is 0 Å². The SMILES string of the molecule is Cc1[nH]ncc1CCCN[C@@H](C)c1ccc(F)cc1N(C)C. The summed E-state index contributed by atoms with van der Waals surface area (Å²) in [6, 6.07) is 5.16. The molecule has 0 bridgehead atoms. The summed E-state index contributed by atoms with van der Waals surface area (Å²) in [4.78, 5) is 1.95. The molecule has 1 aromatic heterocycles. The molecule has 0 amide bonds. The van der Waals surface area contributed by atoms with Gasteiger partial charge in [-0.05, 0) is 56.5 Å². The fraction of sp³-hybridized carbons (Fsp3) is 0.471. The molecule has 5 heteroatoms. The molecular weight excluding hydrogens is 279 g/mol. The summed E-state index contributed by atoms with van der Waals surface area (Å²) in [5, 5.41) is 10.5. The van der Waals surface area contributed by atoms with Gasteiger partial charge in [-0.3, -0.25) is 5.10 Å². The lowest BCUT2D eigenvalue weighted by atomic mass is 10.0. The molecule has 2 rings (SSSR count). The predicted octanol–water partition coefficient (Wildman–Crippen LogP) is 3.21. The first-order chi connectivity index (χ1) is 10.5. The molecule has 4 nitrogen and oxygen atoms in total. The number of halogens is 1. The molecule has 0 aliphatic heterocycles. The number of aryl methyl sites for hydroxylation is 2. The molecule has 0 aliphatic carbocycles. The maximum Gasteiger partial charge on any atom is 0.125 e. The molecule has 1 aromatic carbocycles. The van der Waals surface area contributed by atoms with Gasteiger partial charge in [0, 0.05) is 31.5 Å². The van der Waals surface area contributed by atoms with E-state index < -0.39 is 0 Å². The van der Waals surface area contributed by atoms with E-state index in [1.165, 1.54) is 11.6 Å². The number of anilines is 1. The van der Waals surface area contributed by atoms with Gasteiger partial charge in [0.2, 0.25) is 0 Å². The Kier molecular flexibility index (Phi) is 5.55. The number of hydrogen-bond acceptors (Lipinski definition) is 3. The molecule has 0 radical (unpaired) electrons. The molecule has 2 aromatic rings. The number of rotatable bonds is 7. The first-order valence-corrected chi connectivity index (χ1v) is 7.68. The number of aromatic amines is 1. The fourth-order valence-electron chi connectivity index (χ4n) is 2.61. The highest BCUT2D eigenvalue weighted by atomic mass is 19.1. The van der Waals surface area contributed by atoms with Crippen molar-refractivity contribution >= 4 is 5.69 Å². The van der Waals surface area contributed by atoms with Crippen LogP contribution in [0.4, 0.5) is 10.1 Å². The molecule has 0 fully saturated rings. The van der Waals surface area contributed by atoms with Crippen LogP contribution in [-0.2, 0) is 6.42 Å². The fourth-order valence-corrected chi connectivity index (χ4v) is 2.61. The quantitative estimate of drug-likeness (QED) is 0.772. The smallest absolute Gasteiger partial charge is 0.125 e. The molecule has 0 aliphatic rings. The van der Waals surface area contributed by atoms with Gasteiger partial charge >= 0.3 is 0 Å². The zero-order valence-electron chi connectivity index (χ0n) is 13.8. The molecule has 120 valence electrons. The predicted molar refractivity (Wildman–Crippen MR) is 88.8 cm³/mol. The Hall–Kier alpha value is -1.88. The maximum atomic E-state index is 13.4. The monoisotopic (exact) mass is 304 g/mol. The van der Waals surface area contributed by atoms with Gasteiger partial charge < -0.3 is 10.2 Å². The number of aromatic nitrogens is 2. The molecule has 0 unspecified atom stereocenters. The van der Waals surface area contributed by atoms with Crippen molar-refractivity contribution in [3.63, 3.8) is 0 Å². The molecule has 2 N–H and O–H groups in total. The minimum absolute atomic E-state index is 0.184. The number of H-pyrrole nitrogens is 1. The Bertz CT molecular complexity index is 606. The number of hydrogen-bond donors (Lipinski definition) is 2. The van der Waals surface area contributed by atoms with Gasteiger partial charge in [-0.25, -0.2) is 4.39 Å². The maximum absolute atomic E-state index is 13.4. The third kappa shape index (κ3) is 4.07. The zero-order valence-corrected chi connectivity index (χ0v) is 13.8. The normalized spacial score (nSPS) is 12.4. The van der Waals surface area contributed by atoms with E-state index in [0.29, 0.717) is 0 Å². The highest BCUT2D eigenvalue weighted by Crippen LogP contribution is 2.26. The van der Waals surface area contributed by atoms with Crippen LogP contribution in [0.1, 0.15) is 36.2 Å². The van der Waals surface area contributed by atoms with Crippen LogP contribution in [0.25, 0.3) is 0 Å². The van der Waals surface area contributed by atoms with Gasteiger partial charge in [0.05, 0.1) is 6.20 Å². The van der Waals surface area contributed by atoms with Gasteiger partial charge in [-0.15, -0.1) is 0 Å². The average Bonchev–Trinajstić information content (AvgIpc) is 2.88. The lowest BCUT2D eigenvalue weighted by molar-refractivity contribution is 0.555. The Morgan fingerprint density at radius 2 is 2.14 bits per heavy atom. The van der Waals surface area contributed by atoms with Crippen molar-refractivity contribution in [1.82, 2.24) is 15.5 Å². The van der Waals surface area contributed by atoms with Crippen LogP contribution < -0.4 is 10.2 Å². The molecule has 22 heavy (non-hydrogen) atoms. The van der Waals surface area contributed by atoms with E-state index in [-0.39, 0.29) is 11.9 Å². The highest BCUT2D eigenvalue weighted by Gasteiger charge is 2.12. The largest absolute Gasteiger partial charge is 0.377 e. The summed E-state index contributed by atoms with van der Waals surface area (Å²) < 4.78 is 13.4. The second-order valence-electron chi connectivity index (χ2n) is 5.90. The average molecular weight is 304 g/mol. The second kappa shape index (κ2) is 7.40. The number of benzene rings is 1. The Morgan fingerprint density at radius 1 is 1.36 bits per heavy atom. The molecule has 1 atom stereocenters. The van der Waals surface area contributed by atoms with Crippen molar-refractivity contribution in [3.05, 3.63) is 47.0 Å². The van der Waals surface area contributed by atoms with Crippen LogP contribution in [0.5, 0.6) is 0 Å². The summed E-state index contributed by atoms with van der Waals surface area (Å²) in [6.07, 6.45) is 3.94. The van der Waals surface area contributed by atoms with Crippen LogP contribution in [0.15, 0.2) is 24.4 Å². The molecular formula is C17H25FN4. The van der Waals surface area contributed by atoms with E-state index in [1.54, 1.807) is 6.07 Å². The summed E-state index contributed by atoms with van der Waals surface area (Å²) in [5.41, 5.74) is 4.45. The summed E-state index contributed by atoms with van der Waals surface area (Å²) in [7, 11) is 3.87. The topological polar surface area (TPSA) is 44.0 Å². The standard InChI is InChI=1S/C17H25FN4/c1-12-14(11-20-21-12)6-5-9-19-13(2)16-8-7-15(18)10-17(16)22(3)4/h7-8,10-11,13,19H,5-6,9H2,1-4H3,(H,20,21)/t13-/m0/s1. The van der Waals surface area contributed by atoms with Crippen LogP contribution in [0.3, 0.4) is 0 Å². The van der Waals surface area contributed by atoms with Crippen molar-refractivity contribution in [2.75, 3.05) is 25.5 Å². The Morgan fingerprint density at radius 3 is 2.77 bits per heavy atom. The number of nitrogens with zero attached hydrogens (tertiary/aromatic N) is 2. The van der Waals surface area contributed by atoms with Gasteiger partial charge in [0.1, 0.15) is 5.82 Å². The molecule has 0 saturated heterocycles. The minimum Gasteiger partial charge on any atom is -0.377 e. The van der Waals surface area contributed by atoms with Crippen molar-refractivity contribution in [2.24, 2.45) is 0 Å². The summed E-state index contributed by atoms with van der Waals surface area (Å²) in [6.45, 7) is 5.07. The van der Waals surface area contributed by atoms with Crippen LogP contribution in [-0.4, -0.2) is 30.8 Å². The van der Waals surface area contributed by atoms with Gasteiger partial charge in [-0.2, -0.15) is 5.10 Å². The zero-order chi connectivity index (χ0) is 16.1. The van der Waals surface area contributed by atoms with Gasteiger partial charge in [-0.1, -0.05) is 6.07 Å². The van der Waals surface area contributed by atoms with Crippen molar-refractivity contribution < 1.29 is 4.39 Å². The third-order valence-corrected chi connectivity index (χ3v) is 3.95. The van der Waals surface area contributed by atoms with Gasteiger partial charge in [0.25, 0.3) is 0 Å². The molecule has 1 heterocycles. The molecule has 0 saturated carbocycles. The number of nitrogens with one attached hydrogen (secondary N) is 2. The van der Waals surface area contributed by atoms with Crippen LogP contribution in [0, 0.1) is 12.7 Å². The third-order valence-electron chi connectivity index (χ3n) is 3.95. The highest BCUT2D eigenvalue weighted by molar-refractivity contribution is 5.54. The van der Waals surface area contributed by atoms with Crippen molar-refractivity contribution in [2.45, 2.75) is 32.7 Å².